The van der Waals surface area contributed by atoms with E-state index in [9.17, 15) is 0 Å². The molecule has 0 aromatic carbocycles. The molecular formula is C9H14O. The van der Waals surface area contributed by atoms with E-state index < -0.39 is 0 Å². The predicted molar refractivity (Wildman–Crippen MR) is 43.0 cm³/mol. The fourth-order valence-electron chi connectivity index (χ4n) is 0.835. The summed E-state index contributed by atoms with van der Waals surface area (Å²) in [4.78, 5) is 0. The molecule has 0 saturated heterocycles. The van der Waals surface area contributed by atoms with Crippen molar-refractivity contribution >= 4 is 0 Å². The molecule has 0 N–H and O–H groups in total. The number of hydrogen-bond donors (Lipinski definition) is 0. The molecule has 0 amide bonds. The van der Waals surface area contributed by atoms with E-state index in [1.165, 1.54) is 5.57 Å². The van der Waals surface area contributed by atoms with E-state index >= 15 is 0 Å². The maximum Gasteiger partial charge on any atom is 0.0506 e. The van der Waals surface area contributed by atoms with E-state index in [0.29, 0.717) is 0 Å². The first-order chi connectivity index (χ1) is 4.93. The molecular weight excluding hydrogens is 124 g/mol. The third-order valence-electron chi connectivity index (χ3n) is 1.50. The van der Waals surface area contributed by atoms with Crippen molar-refractivity contribution in [2.75, 3.05) is 13.2 Å². The minimum absolute atomic E-state index is 0.879. The minimum Gasteiger partial charge on any atom is -0.381 e. The van der Waals surface area contributed by atoms with Crippen LogP contribution in [-0.4, -0.2) is 13.2 Å². The molecule has 1 rings (SSSR count). The van der Waals surface area contributed by atoms with Crippen LogP contribution in [0, 0.1) is 0 Å². The first kappa shape index (κ1) is 7.55. The normalized spacial score (nSPS) is 14.7. The van der Waals surface area contributed by atoms with E-state index in [0.717, 1.165) is 26.1 Å². The Balaban J connectivity index is 1.86. The summed E-state index contributed by atoms with van der Waals surface area (Å²) in [7, 11) is 0. The molecule has 56 valence electrons. The summed E-state index contributed by atoms with van der Waals surface area (Å²) in [6.07, 6.45) is 8.53. The smallest absolute Gasteiger partial charge is 0.0506 e. The van der Waals surface area contributed by atoms with Gasteiger partial charge in [-0.25, -0.2) is 0 Å². The Bertz CT molecular complexity index is 145. The van der Waals surface area contributed by atoms with Gasteiger partial charge in [-0.2, -0.15) is 0 Å². The molecule has 0 aromatic heterocycles. The van der Waals surface area contributed by atoms with Gasteiger partial charge in [0.1, 0.15) is 0 Å². The second kappa shape index (κ2) is 4.29. The van der Waals surface area contributed by atoms with Gasteiger partial charge in [0.2, 0.25) is 0 Å². The molecule has 0 atom stereocenters. The Morgan fingerprint density at radius 2 is 2.20 bits per heavy atom. The standard InChI is InChI=1S/C9H14O/c1-2-7-10-8-6-9-4-3-5-9/h3-5H,2,6-8H2,1H3. The SMILES string of the molecule is CCCOCCC1=CC=C1. The van der Waals surface area contributed by atoms with Gasteiger partial charge < -0.3 is 4.74 Å². The maximum atomic E-state index is 5.31. The Kier molecular flexibility index (Phi) is 3.23. The molecule has 10 heavy (non-hydrogen) atoms. The van der Waals surface area contributed by atoms with Crippen molar-refractivity contribution in [3.8, 4) is 0 Å². The monoisotopic (exact) mass is 138 g/mol. The van der Waals surface area contributed by atoms with E-state index in [4.69, 9.17) is 4.74 Å². The van der Waals surface area contributed by atoms with Crippen LogP contribution in [0.4, 0.5) is 0 Å². The fraction of sp³-hybridized carbons (Fsp3) is 0.556. The van der Waals surface area contributed by atoms with Crippen molar-refractivity contribution in [1.29, 1.82) is 0 Å². The number of allylic oxidation sites excluding steroid dienone is 3. The molecule has 0 saturated carbocycles. The molecule has 0 aliphatic heterocycles. The summed E-state index contributed by atoms with van der Waals surface area (Å²) >= 11 is 0. The lowest BCUT2D eigenvalue weighted by molar-refractivity contribution is 0.138. The van der Waals surface area contributed by atoms with Crippen LogP contribution >= 0.6 is 0 Å². The quantitative estimate of drug-likeness (QED) is 0.530. The zero-order chi connectivity index (χ0) is 7.23. The van der Waals surface area contributed by atoms with Crippen LogP contribution in [0.1, 0.15) is 19.8 Å². The Labute approximate surface area is 62.4 Å². The molecule has 1 aliphatic rings. The van der Waals surface area contributed by atoms with Gasteiger partial charge in [-0.15, -0.1) is 0 Å². The van der Waals surface area contributed by atoms with E-state index in [2.05, 4.69) is 25.2 Å². The Morgan fingerprint density at radius 3 is 2.70 bits per heavy atom. The molecule has 1 aliphatic carbocycles. The lowest BCUT2D eigenvalue weighted by atomic mass is 10.1. The molecule has 0 spiro atoms. The lowest BCUT2D eigenvalue weighted by Crippen LogP contribution is -1.97. The zero-order valence-corrected chi connectivity index (χ0v) is 6.47. The highest BCUT2D eigenvalue weighted by Gasteiger charge is 1.96. The minimum atomic E-state index is 0.879. The van der Waals surface area contributed by atoms with Crippen molar-refractivity contribution < 1.29 is 4.74 Å². The van der Waals surface area contributed by atoms with Crippen molar-refractivity contribution in [2.24, 2.45) is 0 Å². The first-order valence-electron chi connectivity index (χ1n) is 3.88. The molecule has 1 nitrogen and oxygen atoms in total. The molecule has 1 heteroatoms. The highest BCUT2D eigenvalue weighted by Crippen LogP contribution is 2.11. The molecule has 0 unspecified atom stereocenters. The molecule has 0 bridgehead atoms. The van der Waals surface area contributed by atoms with Crippen LogP contribution in [0.2, 0.25) is 0 Å². The van der Waals surface area contributed by atoms with Gasteiger partial charge in [0.05, 0.1) is 6.61 Å². The van der Waals surface area contributed by atoms with Gasteiger partial charge >= 0.3 is 0 Å². The second-order valence-electron chi connectivity index (χ2n) is 2.46. The first-order valence-corrected chi connectivity index (χ1v) is 3.88. The fourth-order valence-corrected chi connectivity index (χ4v) is 0.835. The van der Waals surface area contributed by atoms with E-state index in [-0.39, 0.29) is 0 Å². The molecule has 0 radical (unpaired) electrons. The lowest BCUT2D eigenvalue weighted by Gasteiger charge is -2.06. The number of rotatable bonds is 5. The molecule has 0 heterocycles. The van der Waals surface area contributed by atoms with Gasteiger partial charge in [-0.3, -0.25) is 0 Å². The van der Waals surface area contributed by atoms with Gasteiger partial charge in [0, 0.05) is 6.61 Å². The summed E-state index contributed by atoms with van der Waals surface area (Å²) in [5.41, 5.74) is 1.41. The summed E-state index contributed by atoms with van der Waals surface area (Å²) < 4.78 is 5.31. The Morgan fingerprint density at radius 1 is 1.40 bits per heavy atom. The summed E-state index contributed by atoms with van der Waals surface area (Å²) in [5.74, 6) is 0. The predicted octanol–water partition coefficient (Wildman–Crippen LogP) is 2.30. The zero-order valence-electron chi connectivity index (χ0n) is 6.47. The van der Waals surface area contributed by atoms with E-state index in [1.54, 1.807) is 0 Å². The van der Waals surface area contributed by atoms with Crippen molar-refractivity contribution in [3.05, 3.63) is 23.8 Å². The number of hydrogen-bond acceptors (Lipinski definition) is 1. The highest BCUT2D eigenvalue weighted by atomic mass is 16.5. The van der Waals surface area contributed by atoms with Crippen molar-refractivity contribution in [2.45, 2.75) is 19.8 Å². The summed E-state index contributed by atoms with van der Waals surface area (Å²) in [6, 6.07) is 0. The van der Waals surface area contributed by atoms with Crippen LogP contribution in [0.15, 0.2) is 23.8 Å². The van der Waals surface area contributed by atoms with Crippen molar-refractivity contribution in [1.82, 2.24) is 0 Å². The van der Waals surface area contributed by atoms with E-state index in [1.807, 2.05) is 0 Å². The van der Waals surface area contributed by atoms with Crippen molar-refractivity contribution in [3.63, 3.8) is 0 Å². The van der Waals surface area contributed by atoms with Gasteiger partial charge in [-0.1, -0.05) is 25.2 Å². The van der Waals surface area contributed by atoms with Gasteiger partial charge in [-0.05, 0) is 18.4 Å². The maximum absolute atomic E-state index is 5.31. The topological polar surface area (TPSA) is 9.23 Å². The average Bonchev–Trinajstić information content (AvgIpc) is 1.84. The number of ether oxygens (including phenoxy) is 1. The van der Waals surface area contributed by atoms with Crippen LogP contribution in [0.25, 0.3) is 0 Å². The second-order valence-corrected chi connectivity index (χ2v) is 2.46. The Hall–Kier alpha value is -0.560. The largest absolute Gasteiger partial charge is 0.381 e. The van der Waals surface area contributed by atoms with Crippen LogP contribution < -0.4 is 0 Å². The van der Waals surface area contributed by atoms with Gasteiger partial charge in [0.25, 0.3) is 0 Å². The van der Waals surface area contributed by atoms with Crippen LogP contribution in [0.3, 0.4) is 0 Å². The average molecular weight is 138 g/mol. The summed E-state index contributed by atoms with van der Waals surface area (Å²) in [5, 5.41) is 0. The summed E-state index contributed by atoms with van der Waals surface area (Å²) in [6.45, 7) is 3.91. The van der Waals surface area contributed by atoms with Crippen LogP contribution in [-0.2, 0) is 4.74 Å². The van der Waals surface area contributed by atoms with Crippen LogP contribution in [0.5, 0.6) is 0 Å². The third-order valence-corrected chi connectivity index (χ3v) is 1.50. The third kappa shape index (κ3) is 2.36. The van der Waals surface area contributed by atoms with Gasteiger partial charge in [0.15, 0.2) is 0 Å². The highest BCUT2D eigenvalue weighted by molar-refractivity contribution is 5.34. The molecule has 0 aromatic rings. The molecule has 0 fully saturated rings.